The maximum atomic E-state index is 5.11. The first-order valence-electron chi connectivity index (χ1n) is 18.3. The maximum absolute atomic E-state index is 5.11. The first-order chi connectivity index (χ1) is 25.8. The first-order valence-corrected chi connectivity index (χ1v) is 18.3. The number of aromatic nitrogens is 1. The number of pyridine rings is 1. The molecule has 7 aromatic rings. The second-order valence-electron chi connectivity index (χ2n) is 14.3. The predicted octanol–water partition coefficient (Wildman–Crippen LogP) is 12.2. The Hall–Kier alpha value is -6.45. The van der Waals surface area contributed by atoms with Crippen molar-refractivity contribution in [1.82, 2.24) is 4.98 Å². The maximum Gasteiger partial charge on any atom is 0.0715 e. The molecular formula is C49H35N3. The van der Waals surface area contributed by atoms with Gasteiger partial charge in [0, 0.05) is 45.5 Å². The number of allylic oxidation sites excluding steroid dienone is 4. The fraction of sp³-hybridized carbons (Fsp3) is 0.0816. The van der Waals surface area contributed by atoms with E-state index in [1.807, 2.05) is 0 Å². The molecule has 0 saturated heterocycles. The summed E-state index contributed by atoms with van der Waals surface area (Å²) in [6.45, 7) is 0. The highest BCUT2D eigenvalue weighted by Gasteiger charge is 2.40. The lowest BCUT2D eigenvalue weighted by atomic mass is 9.91. The number of anilines is 4. The summed E-state index contributed by atoms with van der Waals surface area (Å²) >= 11 is 0. The monoisotopic (exact) mass is 665 g/mol. The van der Waals surface area contributed by atoms with E-state index in [0.29, 0.717) is 11.8 Å². The van der Waals surface area contributed by atoms with Gasteiger partial charge in [-0.3, -0.25) is 0 Å². The molecule has 11 rings (SSSR count). The second-order valence-corrected chi connectivity index (χ2v) is 14.3. The Morgan fingerprint density at radius 1 is 0.404 bits per heavy atom. The van der Waals surface area contributed by atoms with Crippen molar-refractivity contribution in [1.29, 1.82) is 0 Å². The van der Waals surface area contributed by atoms with Crippen LogP contribution in [0.3, 0.4) is 0 Å². The molecule has 6 aromatic carbocycles. The molecule has 0 radical (unpaired) electrons. The topological polar surface area (TPSA) is 19.4 Å². The van der Waals surface area contributed by atoms with Gasteiger partial charge in [0.25, 0.3) is 0 Å². The highest BCUT2D eigenvalue weighted by atomic mass is 15.2. The number of hydrogen-bond acceptors (Lipinski definition) is 3. The Morgan fingerprint density at radius 3 is 1.58 bits per heavy atom. The van der Waals surface area contributed by atoms with E-state index in [0.717, 1.165) is 22.2 Å². The zero-order chi connectivity index (χ0) is 34.2. The van der Waals surface area contributed by atoms with Crippen molar-refractivity contribution in [2.24, 2.45) is 0 Å². The lowest BCUT2D eigenvalue weighted by Gasteiger charge is -2.33. The van der Waals surface area contributed by atoms with Gasteiger partial charge < -0.3 is 9.80 Å². The van der Waals surface area contributed by atoms with Crippen molar-refractivity contribution in [3.05, 3.63) is 199 Å². The summed E-state index contributed by atoms with van der Waals surface area (Å²) in [5.41, 5.74) is 13.2. The summed E-state index contributed by atoms with van der Waals surface area (Å²) in [4.78, 5) is 10.2. The van der Waals surface area contributed by atoms with Crippen LogP contribution in [0.15, 0.2) is 188 Å². The molecule has 2 aliphatic carbocycles. The molecule has 1 aromatic heterocycles. The summed E-state index contributed by atoms with van der Waals surface area (Å²) in [5, 5.41) is 3.61. The standard InChI is InChI=1S/C49H35N3/c1-2-12-35-30-45-36(27-34(35)11-1)25-26-44(50-45)33-23-21-32(22-24-33)37-28-38(51-46-17-7-3-13-40(46)41-14-4-8-18-47(41)51)31-39(29-37)52-48-19-9-5-15-42(48)43-16-6-10-20-49(43)52/h1-31,40,42,46,48H. The zero-order valence-corrected chi connectivity index (χ0v) is 28.5. The highest BCUT2D eigenvalue weighted by molar-refractivity contribution is 5.97. The fourth-order valence-electron chi connectivity index (χ4n) is 9.03. The first kappa shape index (κ1) is 29.3. The average Bonchev–Trinajstić information content (AvgIpc) is 3.73. The minimum atomic E-state index is 0.222. The number of nitrogens with zero attached hydrogens (tertiary/aromatic N) is 3. The molecule has 0 amide bonds. The van der Waals surface area contributed by atoms with Crippen molar-refractivity contribution in [2.75, 3.05) is 9.80 Å². The van der Waals surface area contributed by atoms with E-state index in [1.165, 1.54) is 55.8 Å². The lowest BCUT2D eigenvalue weighted by molar-refractivity contribution is 0.739. The van der Waals surface area contributed by atoms with Crippen LogP contribution in [0.2, 0.25) is 0 Å². The Kier molecular flexibility index (Phi) is 6.50. The number of rotatable bonds is 4. The molecule has 4 atom stereocenters. The van der Waals surface area contributed by atoms with Crippen LogP contribution in [-0.2, 0) is 0 Å². The van der Waals surface area contributed by atoms with E-state index in [4.69, 9.17) is 4.98 Å². The van der Waals surface area contributed by atoms with Gasteiger partial charge >= 0.3 is 0 Å². The normalized spacial score (nSPS) is 20.7. The van der Waals surface area contributed by atoms with E-state index in [9.17, 15) is 0 Å². The van der Waals surface area contributed by atoms with Crippen LogP contribution in [0.1, 0.15) is 23.0 Å². The van der Waals surface area contributed by atoms with Crippen LogP contribution in [0.5, 0.6) is 0 Å². The predicted molar refractivity (Wildman–Crippen MR) is 217 cm³/mol. The van der Waals surface area contributed by atoms with Gasteiger partial charge in [-0.1, -0.05) is 140 Å². The van der Waals surface area contributed by atoms with Crippen molar-refractivity contribution in [3.63, 3.8) is 0 Å². The summed E-state index contributed by atoms with van der Waals surface area (Å²) in [7, 11) is 0. The van der Waals surface area contributed by atoms with Crippen molar-refractivity contribution in [3.8, 4) is 22.4 Å². The summed E-state index contributed by atoms with van der Waals surface area (Å²) in [5.74, 6) is 0.645. The number of para-hydroxylation sites is 2. The van der Waals surface area contributed by atoms with Crippen LogP contribution >= 0.6 is 0 Å². The second kappa shape index (κ2) is 11.5. The number of fused-ring (bicyclic) bond motifs is 8. The molecule has 52 heavy (non-hydrogen) atoms. The Morgan fingerprint density at radius 2 is 0.942 bits per heavy atom. The Labute approximate surface area is 303 Å². The smallest absolute Gasteiger partial charge is 0.0715 e. The van der Waals surface area contributed by atoms with E-state index < -0.39 is 0 Å². The third-order valence-corrected chi connectivity index (χ3v) is 11.4. The summed E-state index contributed by atoms with van der Waals surface area (Å²) in [6.07, 6.45) is 18.2. The van der Waals surface area contributed by atoms with Crippen molar-refractivity contribution in [2.45, 2.75) is 23.9 Å². The van der Waals surface area contributed by atoms with Gasteiger partial charge in [0.1, 0.15) is 0 Å². The SMILES string of the molecule is C1=CC2c3ccccc3N(c3cc(-c4ccc(-c5ccc6cc7ccccc7cc6n5)cc4)cc(N4c5ccccc5C5C=CC=CC54)c3)C2C=C1. The van der Waals surface area contributed by atoms with Crippen molar-refractivity contribution >= 4 is 44.4 Å². The van der Waals surface area contributed by atoms with Gasteiger partial charge in [0.05, 0.1) is 23.3 Å². The van der Waals surface area contributed by atoms with Crippen LogP contribution in [0.25, 0.3) is 44.1 Å². The molecule has 0 bridgehead atoms. The third kappa shape index (κ3) is 4.56. The van der Waals surface area contributed by atoms with Gasteiger partial charge in [-0.05, 0) is 81.6 Å². The molecule has 2 aliphatic heterocycles. The molecule has 246 valence electrons. The van der Waals surface area contributed by atoms with Gasteiger partial charge in [-0.2, -0.15) is 0 Å². The molecule has 4 aliphatic rings. The van der Waals surface area contributed by atoms with Gasteiger partial charge in [0.2, 0.25) is 0 Å². The van der Waals surface area contributed by atoms with E-state index >= 15 is 0 Å². The van der Waals surface area contributed by atoms with E-state index in [-0.39, 0.29) is 12.1 Å². The van der Waals surface area contributed by atoms with Gasteiger partial charge in [0.15, 0.2) is 0 Å². The molecule has 3 heteroatoms. The largest absolute Gasteiger partial charge is 0.333 e. The molecule has 0 N–H and O–H groups in total. The van der Waals surface area contributed by atoms with Gasteiger partial charge in [-0.15, -0.1) is 0 Å². The minimum absolute atomic E-state index is 0.222. The fourth-order valence-corrected chi connectivity index (χ4v) is 9.03. The van der Waals surface area contributed by atoms with Crippen molar-refractivity contribution < 1.29 is 0 Å². The molecule has 0 spiro atoms. The van der Waals surface area contributed by atoms with Crippen LogP contribution in [-0.4, -0.2) is 17.1 Å². The highest BCUT2D eigenvalue weighted by Crippen LogP contribution is 2.52. The van der Waals surface area contributed by atoms with Gasteiger partial charge in [-0.25, -0.2) is 4.98 Å². The van der Waals surface area contributed by atoms with Crippen LogP contribution < -0.4 is 9.80 Å². The number of hydrogen-bond donors (Lipinski definition) is 0. The molecule has 3 nitrogen and oxygen atoms in total. The minimum Gasteiger partial charge on any atom is -0.333 e. The third-order valence-electron chi connectivity index (χ3n) is 11.4. The molecular weight excluding hydrogens is 631 g/mol. The Balaban J connectivity index is 1.04. The molecule has 0 saturated carbocycles. The van der Waals surface area contributed by atoms with E-state index in [1.54, 1.807) is 0 Å². The molecule has 3 heterocycles. The Bertz CT molecular complexity index is 2580. The molecule has 0 fully saturated rings. The summed E-state index contributed by atoms with van der Waals surface area (Å²) in [6, 6.07) is 51.7. The number of benzene rings is 6. The van der Waals surface area contributed by atoms with E-state index in [2.05, 4.69) is 198 Å². The zero-order valence-electron chi connectivity index (χ0n) is 28.5. The van der Waals surface area contributed by atoms with Crippen LogP contribution in [0, 0.1) is 0 Å². The average molecular weight is 666 g/mol. The van der Waals surface area contributed by atoms with Crippen LogP contribution in [0.4, 0.5) is 22.7 Å². The quantitative estimate of drug-likeness (QED) is 0.174. The molecule has 4 unspecified atom stereocenters. The lowest BCUT2D eigenvalue weighted by Crippen LogP contribution is -2.30. The summed E-state index contributed by atoms with van der Waals surface area (Å²) < 4.78 is 0.